The minimum Gasteiger partial charge on any atom is -0.392 e. The SMILES string of the molecule is CCC(O)CNC(C)C(C)COC(C)CC(CC(C)(C)OCC(C)C(C)(C)NCC(O)CC)CC(C)(C)OCC(C)C(C)(C)NCC(O)CC. The van der Waals surface area contributed by atoms with Gasteiger partial charge in [0.1, 0.15) is 0 Å². The van der Waals surface area contributed by atoms with E-state index in [1.54, 1.807) is 0 Å². The minimum atomic E-state index is -0.348. The van der Waals surface area contributed by atoms with Gasteiger partial charge in [0.25, 0.3) is 0 Å². The lowest BCUT2D eigenvalue weighted by Gasteiger charge is -2.40. The zero-order valence-electron chi connectivity index (χ0n) is 35.7. The Bertz CT molecular complexity index is 819. The highest BCUT2D eigenvalue weighted by Gasteiger charge is 2.35. The zero-order chi connectivity index (χ0) is 38.9. The first-order chi connectivity index (χ1) is 22.9. The molecule has 0 bridgehead atoms. The van der Waals surface area contributed by atoms with Crippen LogP contribution in [-0.2, 0) is 14.2 Å². The fourth-order valence-corrected chi connectivity index (χ4v) is 5.93. The van der Waals surface area contributed by atoms with Crippen LogP contribution in [0.3, 0.4) is 0 Å². The van der Waals surface area contributed by atoms with Crippen molar-refractivity contribution in [2.45, 2.75) is 202 Å². The van der Waals surface area contributed by atoms with Crippen molar-refractivity contribution >= 4 is 0 Å². The summed E-state index contributed by atoms with van der Waals surface area (Å²) in [7, 11) is 0. The van der Waals surface area contributed by atoms with Crippen LogP contribution in [0.25, 0.3) is 0 Å². The van der Waals surface area contributed by atoms with Crippen molar-refractivity contribution in [3.8, 4) is 0 Å². The largest absolute Gasteiger partial charge is 0.392 e. The van der Waals surface area contributed by atoms with Crippen molar-refractivity contribution in [2.75, 3.05) is 39.5 Å². The van der Waals surface area contributed by atoms with Crippen molar-refractivity contribution in [3.05, 3.63) is 0 Å². The second kappa shape index (κ2) is 23.4. The number of β-amino-alcohol motifs (C(OH)–C–C–N with tert-alkyl or cyclic N) is 2. The van der Waals surface area contributed by atoms with E-state index in [1.165, 1.54) is 0 Å². The van der Waals surface area contributed by atoms with E-state index in [1.807, 2.05) is 20.8 Å². The van der Waals surface area contributed by atoms with E-state index in [-0.39, 0.29) is 64.6 Å². The molecule has 8 atom stereocenters. The molecule has 0 fully saturated rings. The predicted molar refractivity (Wildman–Crippen MR) is 211 cm³/mol. The summed E-state index contributed by atoms with van der Waals surface area (Å²) in [5, 5.41) is 40.7. The van der Waals surface area contributed by atoms with Gasteiger partial charge < -0.3 is 45.5 Å². The summed E-state index contributed by atoms with van der Waals surface area (Å²) in [6.45, 7) is 38.2. The van der Waals surface area contributed by atoms with Gasteiger partial charge in [-0.2, -0.15) is 0 Å². The molecule has 9 nitrogen and oxygen atoms in total. The molecule has 0 rings (SSSR count). The van der Waals surface area contributed by atoms with Crippen LogP contribution in [0, 0.1) is 23.7 Å². The van der Waals surface area contributed by atoms with E-state index in [4.69, 9.17) is 14.2 Å². The Morgan fingerprint density at radius 2 is 0.940 bits per heavy atom. The average molecular weight is 718 g/mol. The fraction of sp³-hybridized carbons (Fsp3) is 1.00. The fourth-order valence-electron chi connectivity index (χ4n) is 5.93. The van der Waals surface area contributed by atoms with Gasteiger partial charge in [0, 0.05) is 36.8 Å². The lowest BCUT2D eigenvalue weighted by molar-refractivity contribution is -0.0883. The Morgan fingerprint density at radius 3 is 1.32 bits per heavy atom. The molecule has 0 heterocycles. The quantitative estimate of drug-likeness (QED) is 0.0482. The molecule has 0 aromatic rings. The maximum Gasteiger partial charge on any atom is 0.0662 e. The molecule has 0 aliphatic rings. The monoisotopic (exact) mass is 718 g/mol. The van der Waals surface area contributed by atoms with Gasteiger partial charge in [-0.1, -0.05) is 41.5 Å². The predicted octanol–water partition coefficient (Wildman–Crippen LogP) is 6.70. The Kier molecular flexibility index (Phi) is 23.3. The van der Waals surface area contributed by atoms with Gasteiger partial charge in [0.05, 0.1) is 55.4 Å². The van der Waals surface area contributed by atoms with Crippen LogP contribution in [0.1, 0.15) is 149 Å². The van der Waals surface area contributed by atoms with Crippen molar-refractivity contribution in [1.82, 2.24) is 16.0 Å². The Hall–Kier alpha value is -0.360. The Morgan fingerprint density at radius 1 is 0.560 bits per heavy atom. The third kappa shape index (κ3) is 21.4. The third-order valence-electron chi connectivity index (χ3n) is 11.3. The molecule has 0 spiro atoms. The smallest absolute Gasteiger partial charge is 0.0662 e. The number of hydrogen-bond donors (Lipinski definition) is 6. The lowest BCUT2D eigenvalue weighted by atomic mass is 9.81. The van der Waals surface area contributed by atoms with Crippen LogP contribution in [0.4, 0.5) is 0 Å². The van der Waals surface area contributed by atoms with E-state index in [9.17, 15) is 15.3 Å². The highest BCUT2D eigenvalue weighted by atomic mass is 16.5. The van der Waals surface area contributed by atoms with Crippen LogP contribution in [-0.4, -0.2) is 108 Å². The average Bonchev–Trinajstić information content (AvgIpc) is 3.04. The molecular weight excluding hydrogens is 630 g/mol. The van der Waals surface area contributed by atoms with Gasteiger partial charge in [-0.3, -0.25) is 0 Å². The molecule has 6 N–H and O–H groups in total. The van der Waals surface area contributed by atoms with Crippen molar-refractivity contribution in [1.29, 1.82) is 0 Å². The van der Waals surface area contributed by atoms with Crippen molar-refractivity contribution < 1.29 is 29.5 Å². The zero-order valence-corrected chi connectivity index (χ0v) is 35.7. The molecule has 9 heteroatoms. The number of aliphatic hydroxyl groups excluding tert-OH is 3. The molecule has 0 radical (unpaired) electrons. The Labute approximate surface area is 310 Å². The number of aliphatic hydroxyl groups is 3. The summed E-state index contributed by atoms with van der Waals surface area (Å²) in [5.41, 5.74) is -1.04. The van der Waals surface area contributed by atoms with Crippen LogP contribution in [0.2, 0.25) is 0 Å². The molecule has 0 aliphatic carbocycles. The number of ether oxygens (including phenoxy) is 3. The van der Waals surface area contributed by atoms with Crippen molar-refractivity contribution in [2.24, 2.45) is 23.7 Å². The van der Waals surface area contributed by atoms with E-state index >= 15 is 0 Å². The minimum absolute atomic E-state index is 0.0709. The molecule has 0 amide bonds. The van der Waals surface area contributed by atoms with Gasteiger partial charge in [0.15, 0.2) is 0 Å². The normalized spacial score (nSPS) is 19.0. The summed E-state index contributed by atoms with van der Waals surface area (Å²) in [5.74, 6) is 1.12. The maximum atomic E-state index is 10.1. The molecule has 0 saturated heterocycles. The lowest BCUT2D eigenvalue weighted by Crippen LogP contribution is -2.50. The van der Waals surface area contributed by atoms with Crippen LogP contribution in [0.15, 0.2) is 0 Å². The van der Waals surface area contributed by atoms with Gasteiger partial charge in [-0.05, 0) is 131 Å². The number of hydrogen-bond acceptors (Lipinski definition) is 9. The standard InChI is InChI=1S/C41H87N3O6/c1-17-35(45)23-42-33(8)29(4)26-48-32(7)20-34(21-38(9,10)49-27-30(5)40(13,14)43-24-36(46)18-2)22-39(11,12)50-28-31(6)41(15,16)44-25-37(47)19-3/h29-37,42-47H,17-28H2,1-16H3. The van der Waals surface area contributed by atoms with E-state index in [0.29, 0.717) is 51.3 Å². The van der Waals surface area contributed by atoms with Gasteiger partial charge in [-0.25, -0.2) is 0 Å². The van der Waals surface area contributed by atoms with Crippen LogP contribution in [0.5, 0.6) is 0 Å². The van der Waals surface area contributed by atoms with Crippen LogP contribution < -0.4 is 16.0 Å². The van der Waals surface area contributed by atoms with E-state index in [2.05, 4.69) is 106 Å². The molecule has 0 aromatic heterocycles. The first-order valence-electron chi connectivity index (χ1n) is 20.1. The summed E-state index contributed by atoms with van der Waals surface area (Å²) >= 11 is 0. The molecule has 8 unspecified atom stereocenters. The maximum absolute atomic E-state index is 10.1. The molecular formula is C41H87N3O6. The molecule has 0 aliphatic heterocycles. The topological polar surface area (TPSA) is 124 Å². The number of rotatable bonds is 30. The van der Waals surface area contributed by atoms with Crippen molar-refractivity contribution in [3.63, 3.8) is 0 Å². The molecule has 50 heavy (non-hydrogen) atoms. The van der Waals surface area contributed by atoms with E-state index in [0.717, 1.165) is 38.5 Å². The first kappa shape index (κ1) is 49.6. The highest BCUT2D eigenvalue weighted by molar-refractivity contribution is 4.88. The first-order valence-corrected chi connectivity index (χ1v) is 20.1. The highest BCUT2D eigenvalue weighted by Crippen LogP contribution is 2.34. The van der Waals surface area contributed by atoms with Gasteiger partial charge >= 0.3 is 0 Å². The summed E-state index contributed by atoms with van der Waals surface area (Å²) in [4.78, 5) is 0. The van der Waals surface area contributed by atoms with Gasteiger partial charge in [-0.15, -0.1) is 0 Å². The third-order valence-corrected chi connectivity index (χ3v) is 11.3. The summed E-state index contributed by atoms with van der Waals surface area (Å²) < 4.78 is 19.8. The van der Waals surface area contributed by atoms with Gasteiger partial charge in [0.2, 0.25) is 0 Å². The Balaban J connectivity index is 5.64. The number of nitrogens with one attached hydrogen (secondary N) is 3. The second-order valence-corrected chi connectivity index (χ2v) is 18.2. The summed E-state index contributed by atoms with van der Waals surface area (Å²) in [6.07, 6.45) is 3.94. The van der Waals surface area contributed by atoms with E-state index < -0.39 is 0 Å². The van der Waals surface area contributed by atoms with Crippen LogP contribution >= 0.6 is 0 Å². The molecule has 302 valence electrons. The second-order valence-electron chi connectivity index (χ2n) is 18.2. The molecule has 0 aromatic carbocycles. The summed E-state index contributed by atoms with van der Waals surface area (Å²) in [6, 6.07) is 0.246. The molecule has 0 saturated carbocycles.